The van der Waals surface area contributed by atoms with E-state index in [0.29, 0.717) is 6.61 Å². The van der Waals surface area contributed by atoms with Crippen molar-refractivity contribution >= 4 is 0 Å². The van der Waals surface area contributed by atoms with E-state index in [1.54, 1.807) is 7.11 Å². The third-order valence-corrected chi connectivity index (χ3v) is 4.54. The van der Waals surface area contributed by atoms with E-state index in [2.05, 4.69) is 23.1 Å². The van der Waals surface area contributed by atoms with Gasteiger partial charge >= 0.3 is 0 Å². The number of aryl methyl sites for hydroxylation is 1. The van der Waals surface area contributed by atoms with Crippen LogP contribution in [-0.2, 0) is 17.8 Å². The molecule has 25 heavy (non-hydrogen) atoms. The van der Waals surface area contributed by atoms with Gasteiger partial charge in [0.15, 0.2) is 0 Å². The summed E-state index contributed by atoms with van der Waals surface area (Å²) in [5, 5.41) is 0. The predicted octanol–water partition coefficient (Wildman–Crippen LogP) is 3.54. The quantitative estimate of drug-likeness (QED) is 0.735. The van der Waals surface area contributed by atoms with Crippen LogP contribution >= 0.6 is 0 Å². The Morgan fingerprint density at radius 1 is 1.04 bits per heavy atom. The van der Waals surface area contributed by atoms with Crippen LogP contribution in [0.4, 0.5) is 0 Å². The maximum Gasteiger partial charge on any atom is 0.126 e. The Kier molecular flexibility index (Phi) is 6.71. The summed E-state index contributed by atoms with van der Waals surface area (Å²) in [5.41, 5.74) is 2.41. The van der Waals surface area contributed by atoms with Gasteiger partial charge in [-0.1, -0.05) is 36.4 Å². The second kappa shape index (κ2) is 9.44. The number of nitrogens with zero attached hydrogens (tertiary/aromatic N) is 1. The van der Waals surface area contributed by atoms with Gasteiger partial charge in [-0.3, -0.25) is 4.90 Å². The number of methoxy groups -OCH3 is 1. The van der Waals surface area contributed by atoms with Crippen LogP contribution in [-0.4, -0.2) is 44.9 Å². The Morgan fingerprint density at radius 2 is 1.84 bits per heavy atom. The number of ether oxygens (including phenoxy) is 3. The first-order chi connectivity index (χ1) is 12.3. The minimum absolute atomic E-state index is 0.574. The maximum atomic E-state index is 6.09. The molecular formula is C21H27NO3. The van der Waals surface area contributed by atoms with Crippen molar-refractivity contribution in [1.29, 1.82) is 0 Å². The molecule has 0 N–H and O–H groups in total. The molecule has 134 valence electrons. The summed E-state index contributed by atoms with van der Waals surface area (Å²) in [4.78, 5) is 2.47. The van der Waals surface area contributed by atoms with E-state index in [1.165, 1.54) is 11.1 Å². The maximum absolute atomic E-state index is 6.09. The van der Waals surface area contributed by atoms with Gasteiger partial charge in [0.05, 0.1) is 20.3 Å². The largest absolute Gasteiger partial charge is 0.497 e. The summed E-state index contributed by atoms with van der Waals surface area (Å²) < 4.78 is 16.9. The van der Waals surface area contributed by atoms with Crippen LogP contribution in [0.15, 0.2) is 48.5 Å². The Hall–Kier alpha value is -2.04. The average molecular weight is 341 g/mol. The Bertz CT molecular complexity index is 639. The fraction of sp³-hybridized carbons (Fsp3) is 0.429. The zero-order valence-corrected chi connectivity index (χ0v) is 14.9. The van der Waals surface area contributed by atoms with Crippen molar-refractivity contribution in [2.75, 3.05) is 40.0 Å². The van der Waals surface area contributed by atoms with E-state index in [-0.39, 0.29) is 0 Å². The molecule has 0 atom stereocenters. The minimum atomic E-state index is 0.574. The second-order valence-corrected chi connectivity index (χ2v) is 6.31. The van der Waals surface area contributed by atoms with Crippen LogP contribution in [0.5, 0.6) is 11.5 Å². The second-order valence-electron chi connectivity index (χ2n) is 6.31. The first-order valence-electron chi connectivity index (χ1n) is 8.99. The monoisotopic (exact) mass is 341 g/mol. The molecule has 1 heterocycles. The highest BCUT2D eigenvalue weighted by Crippen LogP contribution is 2.27. The molecule has 0 bridgehead atoms. The molecule has 0 aromatic heterocycles. The van der Waals surface area contributed by atoms with Gasteiger partial charge in [0.25, 0.3) is 0 Å². The molecule has 1 aliphatic rings. The lowest BCUT2D eigenvalue weighted by Crippen LogP contribution is -2.36. The van der Waals surface area contributed by atoms with E-state index in [1.807, 2.05) is 30.3 Å². The van der Waals surface area contributed by atoms with Crippen LogP contribution < -0.4 is 9.47 Å². The van der Waals surface area contributed by atoms with Crippen molar-refractivity contribution in [3.8, 4) is 11.5 Å². The van der Waals surface area contributed by atoms with Crippen molar-refractivity contribution < 1.29 is 14.2 Å². The number of benzene rings is 2. The van der Waals surface area contributed by atoms with Crippen molar-refractivity contribution in [3.05, 3.63) is 59.7 Å². The first-order valence-corrected chi connectivity index (χ1v) is 8.99. The smallest absolute Gasteiger partial charge is 0.126 e. The van der Waals surface area contributed by atoms with Crippen molar-refractivity contribution in [3.63, 3.8) is 0 Å². The van der Waals surface area contributed by atoms with Gasteiger partial charge in [0.1, 0.15) is 18.1 Å². The van der Waals surface area contributed by atoms with Crippen LogP contribution in [0.1, 0.15) is 17.5 Å². The molecule has 1 saturated heterocycles. The highest BCUT2D eigenvalue weighted by atomic mass is 16.5. The summed E-state index contributed by atoms with van der Waals surface area (Å²) in [6.45, 7) is 5.47. The molecule has 0 spiro atoms. The standard InChI is InChI=1S/C21H27NO3/c1-23-20-10-9-19(8-5-11-22-12-14-24-15-13-22)21(16-20)25-17-18-6-3-2-4-7-18/h2-4,6-7,9-10,16H,5,8,11-15,17H2,1H3. The molecule has 0 radical (unpaired) electrons. The molecular weight excluding hydrogens is 314 g/mol. The van der Waals surface area contributed by atoms with E-state index < -0.39 is 0 Å². The molecule has 0 amide bonds. The lowest BCUT2D eigenvalue weighted by Gasteiger charge is -2.26. The number of hydrogen-bond donors (Lipinski definition) is 0. The third kappa shape index (κ3) is 5.48. The predicted molar refractivity (Wildman–Crippen MR) is 99.3 cm³/mol. The fourth-order valence-electron chi connectivity index (χ4n) is 3.06. The molecule has 1 aliphatic heterocycles. The number of rotatable bonds is 8. The van der Waals surface area contributed by atoms with Crippen molar-refractivity contribution in [2.45, 2.75) is 19.4 Å². The van der Waals surface area contributed by atoms with Crippen LogP contribution in [0.2, 0.25) is 0 Å². The van der Waals surface area contributed by atoms with Crippen LogP contribution in [0, 0.1) is 0 Å². The Morgan fingerprint density at radius 3 is 2.60 bits per heavy atom. The van der Waals surface area contributed by atoms with Gasteiger partial charge in [0, 0.05) is 19.2 Å². The summed E-state index contributed by atoms with van der Waals surface area (Å²) in [7, 11) is 1.69. The molecule has 2 aromatic rings. The van der Waals surface area contributed by atoms with Gasteiger partial charge in [0.2, 0.25) is 0 Å². The van der Waals surface area contributed by atoms with Gasteiger partial charge in [-0.05, 0) is 36.6 Å². The molecule has 1 fully saturated rings. The molecule has 4 nitrogen and oxygen atoms in total. The number of morpholine rings is 1. The van der Waals surface area contributed by atoms with Crippen LogP contribution in [0.25, 0.3) is 0 Å². The summed E-state index contributed by atoms with van der Waals surface area (Å²) in [5.74, 6) is 1.75. The highest BCUT2D eigenvalue weighted by Gasteiger charge is 2.11. The number of hydrogen-bond acceptors (Lipinski definition) is 4. The molecule has 4 heteroatoms. The average Bonchev–Trinajstić information content (AvgIpc) is 2.68. The van der Waals surface area contributed by atoms with Crippen molar-refractivity contribution in [2.24, 2.45) is 0 Å². The van der Waals surface area contributed by atoms with E-state index in [0.717, 1.165) is 57.2 Å². The molecule has 2 aromatic carbocycles. The molecule has 0 aliphatic carbocycles. The first kappa shape index (κ1) is 17.8. The summed E-state index contributed by atoms with van der Waals surface area (Å²) >= 11 is 0. The van der Waals surface area contributed by atoms with Gasteiger partial charge < -0.3 is 14.2 Å². The van der Waals surface area contributed by atoms with Crippen molar-refractivity contribution in [1.82, 2.24) is 4.90 Å². The van der Waals surface area contributed by atoms with Crippen LogP contribution in [0.3, 0.4) is 0 Å². The zero-order chi connectivity index (χ0) is 17.3. The minimum Gasteiger partial charge on any atom is -0.497 e. The summed E-state index contributed by atoms with van der Waals surface area (Å²) in [6, 6.07) is 16.4. The lowest BCUT2D eigenvalue weighted by atomic mass is 10.1. The Labute approximate surface area is 150 Å². The van der Waals surface area contributed by atoms with E-state index in [9.17, 15) is 0 Å². The highest BCUT2D eigenvalue weighted by molar-refractivity contribution is 5.41. The SMILES string of the molecule is COc1ccc(CCCN2CCOCC2)c(OCc2ccccc2)c1. The van der Waals surface area contributed by atoms with E-state index in [4.69, 9.17) is 14.2 Å². The zero-order valence-electron chi connectivity index (χ0n) is 14.9. The molecule has 0 saturated carbocycles. The topological polar surface area (TPSA) is 30.9 Å². The normalized spacial score (nSPS) is 15.1. The third-order valence-electron chi connectivity index (χ3n) is 4.54. The fourth-order valence-corrected chi connectivity index (χ4v) is 3.06. The molecule has 0 unspecified atom stereocenters. The van der Waals surface area contributed by atoms with Gasteiger partial charge in [-0.15, -0.1) is 0 Å². The van der Waals surface area contributed by atoms with E-state index >= 15 is 0 Å². The Balaban J connectivity index is 1.59. The lowest BCUT2D eigenvalue weighted by molar-refractivity contribution is 0.0374. The van der Waals surface area contributed by atoms with Gasteiger partial charge in [-0.2, -0.15) is 0 Å². The summed E-state index contributed by atoms with van der Waals surface area (Å²) in [6.07, 6.45) is 2.12. The molecule has 3 rings (SSSR count). The van der Waals surface area contributed by atoms with Gasteiger partial charge in [-0.25, -0.2) is 0 Å².